The lowest BCUT2D eigenvalue weighted by molar-refractivity contribution is -0.113. The molecule has 4 aromatic rings. The van der Waals surface area contributed by atoms with Gasteiger partial charge in [-0.1, -0.05) is 41.7 Å². The minimum atomic E-state index is -0.690. The second kappa shape index (κ2) is 11.5. The molecule has 0 spiro atoms. The largest absolute Gasteiger partial charge is 0.497 e. The summed E-state index contributed by atoms with van der Waals surface area (Å²) < 4.78 is 19.0. The molecule has 1 aliphatic heterocycles. The van der Waals surface area contributed by atoms with Crippen LogP contribution in [0.15, 0.2) is 92.3 Å². The number of thiazole rings is 1. The maximum atomic E-state index is 14.0. The number of hydrogen-bond donors (Lipinski definition) is 1. The molecule has 0 fully saturated rings. The number of methoxy groups -OCH3 is 3. The van der Waals surface area contributed by atoms with Gasteiger partial charge in [0, 0.05) is 5.69 Å². The molecule has 0 saturated carbocycles. The highest BCUT2D eigenvalue weighted by Crippen LogP contribution is 2.36. The standard InChI is InChI=1S/C30H26BrN3O5S/c1-17-25(28(35)33-20-8-6-5-7-9-20)26(19-10-12-21(37-2)13-11-19)34-29(36)24(40-30(34)32-17)16-18-14-22(31)27(39-4)23(15-18)38-3/h5-16,26H,1-4H3,(H,33,35)/b24-16+/t26-/m0/s1. The number of allylic oxidation sites excluding steroid dienone is 1. The molecule has 2 heterocycles. The SMILES string of the molecule is COc1ccc([C@H]2C(C(=O)Nc3ccccc3)=C(C)N=c3s/c(=C/c4cc(Br)c(OC)c(OC)c4)c(=O)n32)cc1. The molecule has 0 saturated heterocycles. The van der Waals surface area contributed by atoms with E-state index < -0.39 is 6.04 Å². The number of carbonyl (C=O) groups is 1. The zero-order valence-corrected chi connectivity index (χ0v) is 24.6. The van der Waals surface area contributed by atoms with Crippen LogP contribution in [0.1, 0.15) is 24.1 Å². The second-order valence-corrected chi connectivity index (χ2v) is 10.8. The number of ether oxygens (including phenoxy) is 3. The van der Waals surface area contributed by atoms with Gasteiger partial charge in [0.2, 0.25) is 0 Å². The van der Waals surface area contributed by atoms with E-state index in [-0.39, 0.29) is 11.5 Å². The lowest BCUT2D eigenvalue weighted by Gasteiger charge is -2.25. The van der Waals surface area contributed by atoms with E-state index in [1.807, 2.05) is 60.7 Å². The number of anilines is 1. The number of nitrogens with one attached hydrogen (secondary N) is 1. The maximum Gasteiger partial charge on any atom is 0.271 e. The average Bonchev–Trinajstić information content (AvgIpc) is 3.26. The second-order valence-electron chi connectivity index (χ2n) is 8.91. The van der Waals surface area contributed by atoms with Gasteiger partial charge in [0.25, 0.3) is 11.5 Å². The molecule has 40 heavy (non-hydrogen) atoms. The summed E-state index contributed by atoms with van der Waals surface area (Å²) in [7, 11) is 4.71. The van der Waals surface area contributed by atoms with Crippen LogP contribution >= 0.6 is 27.3 Å². The summed E-state index contributed by atoms with van der Waals surface area (Å²) in [5.41, 5.74) is 2.83. The van der Waals surface area contributed by atoms with E-state index in [1.54, 1.807) is 45.0 Å². The van der Waals surface area contributed by atoms with Crippen LogP contribution in [0.25, 0.3) is 6.08 Å². The first-order chi connectivity index (χ1) is 19.3. The number of fused-ring (bicyclic) bond motifs is 1. The molecule has 204 valence electrons. The molecule has 1 aliphatic rings. The fourth-order valence-corrected chi connectivity index (χ4v) is 6.27. The van der Waals surface area contributed by atoms with Crippen LogP contribution in [-0.4, -0.2) is 31.8 Å². The summed E-state index contributed by atoms with van der Waals surface area (Å²) in [6.07, 6.45) is 1.78. The third kappa shape index (κ3) is 5.20. The van der Waals surface area contributed by atoms with Crippen molar-refractivity contribution in [2.45, 2.75) is 13.0 Å². The van der Waals surface area contributed by atoms with Gasteiger partial charge in [-0.3, -0.25) is 14.2 Å². The van der Waals surface area contributed by atoms with Gasteiger partial charge in [-0.15, -0.1) is 0 Å². The van der Waals surface area contributed by atoms with E-state index in [2.05, 4.69) is 21.2 Å². The van der Waals surface area contributed by atoms with E-state index in [0.29, 0.717) is 48.0 Å². The van der Waals surface area contributed by atoms with Crippen molar-refractivity contribution in [3.63, 3.8) is 0 Å². The number of halogens is 1. The number of nitrogens with zero attached hydrogens (tertiary/aromatic N) is 2. The highest BCUT2D eigenvalue weighted by atomic mass is 79.9. The molecule has 0 bridgehead atoms. The molecule has 0 aliphatic carbocycles. The van der Waals surface area contributed by atoms with Crippen molar-refractivity contribution in [3.05, 3.63) is 113 Å². The molecule has 0 unspecified atom stereocenters. The Morgan fingerprint density at radius 1 is 1.02 bits per heavy atom. The van der Waals surface area contributed by atoms with Crippen LogP contribution in [-0.2, 0) is 4.79 Å². The number of aromatic nitrogens is 1. The van der Waals surface area contributed by atoms with Crippen LogP contribution < -0.4 is 34.4 Å². The number of benzene rings is 3. The van der Waals surface area contributed by atoms with Gasteiger partial charge < -0.3 is 19.5 Å². The van der Waals surface area contributed by atoms with Crippen molar-refractivity contribution in [2.24, 2.45) is 4.99 Å². The smallest absolute Gasteiger partial charge is 0.271 e. The number of amides is 1. The van der Waals surface area contributed by atoms with Crippen LogP contribution in [0.5, 0.6) is 17.2 Å². The molecule has 0 radical (unpaired) electrons. The number of carbonyl (C=O) groups excluding carboxylic acids is 1. The Morgan fingerprint density at radius 2 is 1.75 bits per heavy atom. The Kier molecular flexibility index (Phi) is 7.90. The molecule has 1 aromatic heterocycles. The van der Waals surface area contributed by atoms with Crippen molar-refractivity contribution in [1.82, 2.24) is 4.57 Å². The predicted octanol–water partition coefficient (Wildman–Crippen LogP) is 4.66. The Hall–Kier alpha value is -4.15. The number of rotatable bonds is 7. The van der Waals surface area contributed by atoms with Gasteiger partial charge in [0.05, 0.1) is 47.6 Å². The first-order valence-corrected chi connectivity index (χ1v) is 13.9. The van der Waals surface area contributed by atoms with Crippen LogP contribution in [0.4, 0.5) is 5.69 Å². The van der Waals surface area contributed by atoms with Crippen LogP contribution in [0.3, 0.4) is 0 Å². The summed E-state index contributed by atoms with van der Waals surface area (Å²) >= 11 is 4.78. The van der Waals surface area contributed by atoms with Gasteiger partial charge in [0.1, 0.15) is 5.75 Å². The molecule has 1 amide bonds. The lowest BCUT2D eigenvalue weighted by atomic mass is 9.95. The summed E-state index contributed by atoms with van der Waals surface area (Å²) in [5, 5.41) is 2.96. The van der Waals surface area contributed by atoms with Gasteiger partial charge in [-0.25, -0.2) is 4.99 Å². The minimum absolute atomic E-state index is 0.256. The predicted molar refractivity (Wildman–Crippen MR) is 159 cm³/mol. The van der Waals surface area contributed by atoms with E-state index in [1.165, 1.54) is 11.3 Å². The summed E-state index contributed by atoms with van der Waals surface area (Å²) in [6.45, 7) is 1.79. The fraction of sp³-hybridized carbons (Fsp3) is 0.167. The Labute approximate surface area is 243 Å². The molecular weight excluding hydrogens is 594 g/mol. The number of para-hydroxylation sites is 1. The Morgan fingerprint density at radius 3 is 2.40 bits per heavy atom. The number of hydrogen-bond acceptors (Lipinski definition) is 7. The zero-order chi connectivity index (χ0) is 28.4. The van der Waals surface area contributed by atoms with E-state index in [0.717, 1.165) is 11.1 Å². The third-order valence-electron chi connectivity index (χ3n) is 6.48. The Balaban J connectivity index is 1.67. The first kappa shape index (κ1) is 27.4. The monoisotopic (exact) mass is 619 g/mol. The van der Waals surface area contributed by atoms with E-state index >= 15 is 0 Å². The van der Waals surface area contributed by atoms with Crippen molar-refractivity contribution in [3.8, 4) is 17.2 Å². The molecule has 8 nitrogen and oxygen atoms in total. The van der Waals surface area contributed by atoms with Crippen LogP contribution in [0, 0.1) is 0 Å². The summed E-state index contributed by atoms with van der Waals surface area (Å²) in [4.78, 5) is 32.8. The fourth-order valence-electron chi connectivity index (χ4n) is 4.61. The van der Waals surface area contributed by atoms with Crippen LogP contribution in [0.2, 0.25) is 0 Å². The zero-order valence-electron chi connectivity index (χ0n) is 22.2. The van der Waals surface area contributed by atoms with Gasteiger partial charge in [0.15, 0.2) is 16.3 Å². The molecule has 10 heteroatoms. The highest BCUT2D eigenvalue weighted by molar-refractivity contribution is 9.10. The summed E-state index contributed by atoms with van der Waals surface area (Å²) in [5.74, 6) is 1.44. The third-order valence-corrected chi connectivity index (χ3v) is 8.06. The lowest BCUT2D eigenvalue weighted by Crippen LogP contribution is -2.40. The first-order valence-electron chi connectivity index (χ1n) is 12.3. The molecule has 1 N–H and O–H groups in total. The van der Waals surface area contributed by atoms with Gasteiger partial charge in [-0.2, -0.15) is 0 Å². The van der Waals surface area contributed by atoms with Crippen molar-refractivity contribution in [2.75, 3.05) is 26.6 Å². The van der Waals surface area contributed by atoms with Gasteiger partial charge in [-0.05, 0) is 76.5 Å². The molecule has 3 aromatic carbocycles. The van der Waals surface area contributed by atoms with Crippen molar-refractivity contribution < 1.29 is 19.0 Å². The topological polar surface area (TPSA) is 91.2 Å². The average molecular weight is 621 g/mol. The van der Waals surface area contributed by atoms with Crippen molar-refractivity contribution in [1.29, 1.82) is 0 Å². The molecule has 5 rings (SSSR count). The quantitative estimate of drug-likeness (QED) is 0.325. The normalized spacial score (nSPS) is 14.8. The van der Waals surface area contributed by atoms with Gasteiger partial charge >= 0.3 is 0 Å². The van der Waals surface area contributed by atoms with E-state index in [4.69, 9.17) is 19.2 Å². The molecular formula is C30H26BrN3O5S. The molecule has 1 atom stereocenters. The van der Waals surface area contributed by atoms with E-state index in [9.17, 15) is 9.59 Å². The summed E-state index contributed by atoms with van der Waals surface area (Å²) in [6, 6.07) is 19.5. The Bertz CT molecular complexity index is 1790. The maximum absolute atomic E-state index is 14.0. The minimum Gasteiger partial charge on any atom is -0.497 e. The van der Waals surface area contributed by atoms with Crippen molar-refractivity contribution >= 4 is 44.9 Å². The highest BCUT2D eigenvalue weighted by Gasteiger charge is 2.32.